The summed E-state index contributed by atoms with van der Waals surface area (Å²) in [5.41, 5.74) is 1.26. The molecule has 1 aromatic rings. The summed E-state index contributed by atoms with van der Waals surface area (Å²) in [4.78, 5) is 1.33. The Morgan fingerprint density at radius 3 is 3.09 bits per heavy atom. The van der Waals surface area contributed by atoms with Gasteiger partial charge < -0.3 is 0 Å². The summed E-state index contributed by atoms with van der Waals surface area (Å²) in [7, 11) is 0. The van der Waals surface area contributed by atoms with Crippen LogP contribution in [0.15, 0.2) is 27.6 Å². The van der Waals surface area contributed by atoms with Crippen molar-refractivity contribution in [3.05, 3.63) is 22.7 Å². The smallest absolute Gasteiger partial charge is 0.0798 e. The van der Waals surface area contributed by atoms with Crippen LogP contribution in [-0.2, 0) is 0 Å². The first-order valence-corrected chi connectivity index (χ1v) is 5.62. The van der Waals surface area contributed by atoms with Gasteiger partial charge in [-0.15, -0.1) is 11.8 Å². The Balaban J connectivity index is 2.50. The second-order valence-corrected chi connectivity index (χ2v) is 5.01. The molecule has 4 heteroatoms. The van der Waals surface area contributed by atoms with Crippen molar-refractivity contribution in [2.45, 2.75) is 4.90 Å². The van der Waals surface area contributed by atoms with Crippen molar-refractivity contribution in [2.75, 3.05) is 9.80 Å². The van der Waals surface area contributed by atoms with E-state index < -0.39 is 0 Å². The molecule has 0 aliphatic carbocycles. The molecule has 1 aliphatic heterocycles. The second-order valence-electron chi connectivity index (χ2n) is 2.25. The zero-order valence-corrected chi connectivity index (χ0v) is 9.54. The molecule has 0 atom stereocenters. The fourth-order valence-electron chi connectivity index (χ4n) is 1.000. The van der Waals surface area contributed by atoms with Crippen molar-refractivity contribution in [1.29, 1.82) is 0 Å². The SMILES string of the molecule is Brc1ccc2c(c1)SCN2Br. The highest BCUT2D eigenvalue weighted by Crippen LogP contribution is 2.41. The van der Waals surface area contributed by atoms with E-state index in [4.69, 9.17) is 0 Å². The van der Waals surface area contributed by atoms with Gasteiger partial charge in [-0.25, -0.2) is 0 Å². The maximum atomic E-state index is 3.46. The molecule has 0 aromatic heterocycles. The largest absolute Gasteiger partial charge is 0.297 e. The van der Waals surface area contributed by atoms with Crippen LogP contribution in [0.4, 0.5) is 5.69 Å². The van der Waals surface area contributed by atoms with Crippen LogP contribution in [-0.4, -0.2) is 5.88 Å². The first-order valence-electron chi connectivity index (χ1n) is 3.13. The van der Waals surface area contributed by atoms with Gasteiger partial charge in [-0.1, -0.05) is 15.9 Å². The van der Waals surface area contributed by atoms with E-state index in [-0.39, 0.29) is 0 Å². The number of rotatable bonds is 0. The fourth-order valence-corrected chi connectivity index (χ4v) is 3.17. The lowest BCUT2D eigenvalue weighted by molar-refractivity contribution is 1.32. The zero-order chi connectivity index (χ0) is 7.84. The molecule has 2 rings (SSSR count). The Kier molecular flexibility index (Phi) is 2.16. The molecule has 1 aliphatic rings. The van der Waals surface area contributed by atoms with Crippen LogP contribution in [0.2, 0.25) is 0 Å². The summed E-state index contributed by atoms with van der Waals surface area (Å²) in [5, 5.41) is 0. The highest BCUT2D eigenvalue weighted by molar-refractivity contribution is 9.10. The minimum Gasteiger partial charge on any atom is -0.297 e. The standard InChI is InChI=1S/C7H5Br2NS/c8-5-1-2-6-7(3-5)11-4-10(6)9/h1-3H,4H2. The maximum Gasteiger partial charge on any atom is 0.0798 e. The minimum absolute atomic E-state index is 0.992. The topological polar surface area (TPSA) is 3.24 Å². The lowest BCUT2D eigenvalue weighted by atomic mass is 10.3. The molecule has 1 nitrogen and oxygen atoms in total. The number of nitrogens with zero attached hydrogens (tertiary/aromatic N) is 1. The molecular weight excluding hydrogens is 290 g/mol. The van der Waals surface area contributed by atoms with Gasteiger partial charge in [0.05, 0.1) is 27.7 Å². The summed E-state index contributed by atoms with van der Waals surface area (Å²) in [6.45, 7) is 0. The average Bonchev–Trinajstić information content (AvgIpc) is 2.32. The van der Waals surface area contributed by atoms with E-state index >= 15 is 0 Å². The van der Waals surface area contributed by atoms with E-state index in [0.717, 1.165) is 10.3 Å². The van der Waals surface area contributed by atoms with Gasteiger partial charge in [-0.2, -0.15) is 0 Å². The minimum atomic E-state index is 0.992. The fraction of sp³-hybridized carbons (Fsp3) is 0.143. The Bertz CT molecular complexity index is 290. The number of fused-ring (bicyclic) bond motifs is 1. The Morgan fingerprint density at radius 2 is 2.27 bits per heavy atom. The van der Waals surface area contributed by atoms with Crippen molar-refractivity contribution < 1.29 is 0 Å². The van der Waals surface area contributed by atoms with Gasteiger partial charge in [0.2, 0.25) is 0 Å². The van der Waals surface area contributed by atoms with E-state index in [1.807, 2.05) is 11.8 Å². The van der Waals surface area contributed by atoms with Crippen molar-refractivity contribution >= 4 is 49.5 Å². The second kappa shape index (κ2) is 2.99. The van der Waals surface area contributed by atoms with Crippen LogP contribution in [0.3, 0.4) is 0 Å². The maximum absolute atomic E-state index is 3.46. The zero-order valence-electron chi connectivity index (χ0n) is 5.55. The summed E-state index contributed by atoms with van der Waals surface area (Å²) >= 11 is 8.74. The summed E-state index contributed by atoms with van der Waals surface area (Å²) in [5.74, 6) is 0.992. The van der Waals surface area contributed by atoms with Gasteiger partial charge in [-0.3, -0.25) is 3.93 Å². The number of anilines is 1. The molecule has 58 valence electrons. The third-order valence-corrected chi connectivity index (χ3v) is 4.00. The van der Waals surface area contributed by atoms with Gasteiger partial charge in [0.1, 0.15) is 0 Å². The summed E-state index contributed by atoms with van der Waals surface area (Å²) < 4.78 is 3.21. The first-order chi connectivity index (χ1) is 5.27. The molecule has 0 bridgehead atoms. The Hall–Kier alpha value is 0.330. The van der Waals surface area contributed by atoms with Crippen molar-refractivity contribution in [3.63, 3.8) is 0 Å². The molecule has 0 unspecified atom stereocenters. The summed E-state index contributed by atoms with van der Waals surface area (Å²) in [6.07, 6.45) is 0. The predicted molar refractivity (Wildman–Crippen MR) is 56.3 cm³/mol. The monoisotopic (exact) mass is 293 g/mol. The quantitative estimate of drug-likeness (QED) is 0.672. The summed E-state index contributed by atoms with van der Waals surface area (Å²) in [6, 6.07) is 6.30. The van der Waals surface area contributed by atoms with Gasteiger partial charge in [0.25, 0.3) is 0 Å². The number of thioether (sulfide) groups is 1. The first kappa shape index (κ1) is 7.95. The van der Waals surface area contributed by atoms with E-state index in [9.17, 15) is 0 Å². The lowest BCUT2D eigenvalue weighted by Crippen LogP contribution is -2.00. The molecule has 0 fully saturated rings. The molecule has 0 spiro atoms. The molecule has 11 heavy (non-hydrogen) atoms. The number of halogens is 2. The normalized spacial score (nSPS) is 15.3. The van der Waals surface area contributed by atoms with Gasteiger partial charge in [0, 0.05) is 9.37 Å². The third-order valence-electron chi connectivity index (χ3n) is 1.52. The molecule has 0 radical (unpaired) electrons. The number of benzene rings is 1. The van der Waals surface area contributed by atoms with Crippen molar-refractivity contribution in [3.8, 4) is 0 Å². The van der Waals surface area contributed by atoms with E-state index in [2.05, 4.69) is 54.2 Å². The number of hydrogen-bond donors (Lipinski definition) is 0. The third kappa shape index (κ3) is 1.44. The van der Waals surface area contributed by atoms with Crippen LogP contribution in [0, 0.1) is 0 Å². The van der Waals surface area contributed by atoms with Crippen LogP contribution in [0.25, 0.3) is 0 Å². The van der Waals surface area contributed by atoms with Crippen LogP contribution < -0.4 is 3.93 Å². The predicted octanol–water partition coefficient (Wildman–Crippen LogP) is 3.63. The van der Waals surface area contributed by atoms with Crippen LogP contribution >= 0.6 is 43.8 Å². The van der Waals surface area contributed by atoms with Crippen LogP contribution in [0.5, 0.6) is 0 Å². The molecule has 0 saturated heterocycles. The van der Waals surface area contributed by atoms with Gasteiger partial charge in [0.15, 0.2) is 0 Å². The number of hydrogen-bond acceptors (Lipinski definition) is 2. The average molecular weight is 295 g/mol. The lowest BCUT2D eigenvalue weighted by Gasteiger charge is -2.06. The molecule has 1 heterocycles. The van der Waals surface area contributed by atoms with Gasteiger partial charge >= 0.3 is 0 Å². The van der Waals surface area contributed by atoms with Gasteiger partial charge in [-0.05, 0) is 18.2 Å². The molecule has 1 aromatic carbocycles. The highest BCUT2D eigenvalue weighted by atomic mass is 79.9. The molecule has 0 N–H and O–H groups in total. The Morgan fingerprint density at radius 1 is 1.45 bits per heavy atom. The van der Waals surface area contributed by atoms with E-state index in [1.54, 1.807) is 0 Å². The van der Waals surface area contributed by atoms with Crippen LogP contribution in [0.1, 0.15) is 0 Å². The van der Waals surface area contributed by atoms with E-state index in [1.165, 1.54) is 10.6 Å². The van der Waals surface area contributed by atoms with Crippen molar-refractivity contribution in [1.82, 2.24) is 0 Å². The highest BCUT2D eigenvalue weighted by Gasteiger charge is 2.16. The van der Waals surface area contributed by atoms with Crippen molar-refractivity contribution in [2.24, 2.45) is 0 Å². The molecule has 0 amide bonds. The molecular formula is C7H5Br2NS. The molecule has 0 saturated carbocycles. The van der Waals surface area contributed by atoms with E-state index in [0.29, 0.717) is 0 Å². The Labute approximate surface area is 86.6 Å².